The highest BCUT2D eigenvalue weighted by Crippen LogP contribution is 2.55. The Morgan fingerprint density at radius 2 is 1.96 bits per heavy atom. The highest BCUT2D eigenvalue weighted by Gasteiger charge is 2.54. The van der Waals surface area contributed by atoms with Crippen LogP contribution in [-0.4, -0.2) is 34.4 Å². The Balaban J connectivity index is 1.73. The number of carbonyl (C=O) groups is 1. The maximum absolute atomic E-state index is 12.5. The number of H-pyrrole nitrogens is 1. The number of para-hydroxylation sites is 1. The number of methoxy groups -OCH3 is 1. The van der Waals surface area contributed by atoms with E-state index in [0.29, 0.717) is 12.8 Å². The van der Waals surface area contributed by atoms with E-state index in [0.717, 1.165) is 39.4 Å². The predicted molar refractivity (Wildman–Crippen MR) is 107 cm³/mol. The Bertz CT molecular complexity index is 1090. The van der Waals surface area contributed by atoms with E-state index in [1.54, 1.807) is 0 Å². The van der Waals surface area contributed by atoms with Gasteiger partial charge in [0, 0.05) is 21.8 Å². The highest BCUT2D eigenvalue weighted by molar-refractivity contribution is 6.07. The van der Waals surface area contributed by atoms with Crippen molar-refractivity contribution in [3.05, 3.63) is 47.5 Å². The zero-order valence-corrected chi connectivity index (χ0v) is 16.1. The van der Waals surface area contributed by atoms with Gasteiger partial charge in [0.2, 0.25) is 0 Å². The molecule has 28 heavy (non-hydrogen) atoms. The van der Waals surface area contributed by atoms with E-state index in [1.807, 2.05) is 12.1 Å². The van der Waals surface area contributed by atoms with Crippen LogP contribution in [0.4, 0.5) is 0 Å². The molecule has 2 aliphatic rings. The molecule has 0 bridgehead atoms. The maximum Gasteiger partial charge on any atom is 0.311 e. The molecule has 5 atom stereocenters. The second-order valence-corrected chi connectivity index (χ2v) is 8.59. The Morgan fingerprint density at radius 3 is 2.75 bits per heavy atom. The highest BCUT2D eigenvalue weighted by atomic mass is 16.5. The Hall–Kier alpha value is -2.37. The molecule has 2 aromatic carbocycles. The molecule has 5 rings (SSSR count). The summed E-state index contributed by atoms with van der Waals surface area (Å²) in [6.45, 7) is 2.17. The van der Waals surface area contributed by atoms with Crippen LogP contribution in [0.2, 0.25) is 0 Å². The fourth-order valence-electron chi connectivity index (χ4n) is 5.73. The first kappa shape index (κ1) is 17.7. The van der Waals surface area contributed by atoms with E-state index in [2.05, 4.69) is 36.2 Å². The zero-order chi connectivity index (χ0) is 19.6. The maximum atomic E-state index is 12.5. The van der Waals surface area contributed by atoms with Crippen LogP contribution in [0.5, 0.6) is 0 Å². The van der Waals surface area contributed by atoms with Crippen LogP contribution in [0, 0.1) is 11.8 Å². The van der Waals surface area contributed by atoms with Crippen molar-refractivity contribution in [1.29, 1.82) is 0 Å². The van der Waals surface area contributed by atoms with Crippen molar-refractivity contribution < 1.29 is 19.7 Å². The van der Waals surface area contributed by atoms with E-state index in [-0.39, 0.29) is 17.3 Å². The fraction of sp³-hybridized carbons (Fsp3) is 0.435. The van der Waals surface area contributed by atoms with Crippen molar-refractivity contribution in [1.82, 2.24) is 4.98 Å². The topological polar surface area (TPSA) is 82.6 Å². The molecule has 1 fully saturated rings. The predicted octanol–water partition coefficient (Wildman–Crippen LogP) is 3.58. The summed E-state index contributed by atoms with van der Waals surface area (Å²) in [6, 6.07) is 12.4. The van der Waals surface area contributed by atoms with E-state index in [9.17, 15) is 15.0 Å². The first-order valence-electron chi connectivity index (χ1n) is 9.93. The number of carbonyl (C=O) groups excluding carboxylic acids is 1. The summed E-state index contributed by atoms with van der Waals surface area (Å²) in [5, 5.41) is 23.8. The molecular formula is C23H25NO4. The van der Waals surface area contributed by atoms with Crippen LogP contribution in [-0.2, 0) is 14.9 Å². The molecule has 1 saturated carbocycles. The third kappa shape index (κ3) is 2.29. The quantitative estimate of drug-likeness (QED) is 0.565. The summed E-state index contributed by atoms with van der Waals surface area (Å²) in [5.41, 5.74) is 3.82. The molecule has 0 radical (unpaired) electrons. The number of benzene rings is 2. The van der Waals surface area contributed by atoms with Gasteiger partial charge in [-0.2, -0.15) is 0 Å². The number of aromatic nitrogens is 1. The summed E-state index contributed by atoms with van der Waals surface area (Å²) in [5.74, 6) is -1.15. The van der Waals surface area contributed by atoms with Gasteiger partial charge in [0.1, 0.15) is 0 Å². The average Bonchev–Trinajstić information content (AvgIpc) is 3.06. The second kappa shape index (κ2) is 6.06. The van der Waals surface area contributed by atoms with Crippen molar-refractivity contribution >= 4 is 27.8 Å². The summed E-state index contributed by atoms with van der Waals surface area (Å²) in [7, 11) is 1.36. The standard InChI is InChI=1S/C23H25NO4/c1-23-8-7-19(25)21(22(27)28-2)16(23)11-20(26)14-10-18-13(9-15(14)23)12-5-3-4-6-17(12)24-18/h3-6,9-10,16,19-21,24-26H,7-8,11H2,1-2H3/t16-,19-,20-,21-,23+/m0/s1. The summed E-state index contributed by atoms with van der Waals surface area (Å²) in [6.07, 6.45) is 0.387. The van der Waals surface area contributed by atoms with Crippen molar-refractivity contribution in [2.24, 2.45) is 11.8 Å². The summed E-state index contributed by atoms with van der Waals surface area (Å²) < 4.78 is 5.01. The largest absolute Gasteiger partial charge is 0.469 e. The van der Waals surface area contributed by atoms with Crippen molar-refractivity contribution in [3.8, 4) is 0 Å². The van der Waals surface area contributed by atoms with E-state index in [1.165, 1.54) is 7.11 Å². The van der Waals surface area contributed by atoms with Crippen LogP contribution in [0.25, 0.3) is 21.8 Å². The van der Waals surface area contributed by atoms with Crippen LogP contribution in [0.3, 0.4) is 0 Å². The molecule has 1 aromatic heterocycles. The first-order valence-corrected chi connectivity index (χ1v) is 9.93. The summed E-state index contributed by atoms with van der Waals surface area (Å²) >= 11 is 0. The van der Waals surface area contributed by atoms with Crippen LogP contribution < -0.4 is 0 Å². The van der Waals surface area contributed by atoms with Crippen LogP contribution in [0.15, 0.2) is 36.4 Å². The van der Waals surface area contributed by atoms with Gasteiger partial charge in [-0.1, -0.05) is 25.1 Å². The number of aliphatic hydroxyl groups is 2. The molecule has 3 N–H and O–H groups in total. The first-order chi connectivity index (χ1) is 13.4. The molecule has 0 aliphatic heterocycles. The normalized spacial score (nSPS) is 32.1. The Kier molecular flexibility index (Phi) is 3.83. The van der Waals surface area contributed by atoms with E-state index >= 15 is 0 Å². The number of aromatic amines is 1. The van der Waals surface area contributed by atoms with E-state index < -0.39 is 18.1 Å². The Labute approximate surface area is 163 Å². The van der Waals surface area contributed by atoms with Gasteiger partial charge in [0.25, 0.3) is 0 Å². The van der Waals surface area contributed by atoms with Crippen molar-refractivity contribution in [3.63, 3.8) is 0 Å². The number of aliphatic hydroxyl groups excluding tert-OH is 2. The lowest BCUT2D eigenvalue weighted by Crippen LogP contribution is -2.52. The third-order valence-electron chi connectivity index (χ3n) is 7.23. The molecule has 0 spiro atoms. The monoisotopic (exact) mass is 379 g/mol. The van der Waals surface area contributed by atoms with Gasteiger partial charge in [-0.25, -0.2) is 0 Å². The minimum atomic E-state index is -0.726. The molecule has 5 heteroatoms. The lowest BCUT2D eigenvalue weighted by molar-refractivity contribution is -0.159. The third-order valence-corrected chi connectivity index (χ3v) is 7.23. The van der Waals surface area contributed by atoms with Crippen molar-refractivity contribution in [2.75, 3.05) is 7.11 Å². The molecule has 3 aromatic rings. The lowest BCUT2D eigenvalue weighted by atomic mass is 9.53. The minimum Gasteiger partial charge on any atom is -0.469 e. The zero-order valence-electron chi connectivity index (χ0n) is 16.1. The van der Waals surface area contributed by atoms with Gasteiger partial charge in [0.15, 0.2) is 0 Å². The van der Waals surface area contributed by atoms with Crippen molar-refractivity contribution in [2.45, 2.75) is 43.8 Å². The molecule has 0 saturated heterocycles. The molecule has 1 heterocycles. The number of ether oxygens (including phenoxy) is 1. The number of rotatable bonds is 1. The lowest BCUT2D eigenvalue weighted by Gasteiger charge is -2.52. The van der Waals surface area contributed by atoms with Gasteiger partial charge in [-0.05, 0) is 59.9 Å². The smallest absolute Gasteiger partial charge is 0.311 e. The van der Waals surface area contributed by atoms with Gasteiger partial charge >= 0.3 is 5.97 Å². The van der Waals surface area contributed by atoms with Gasteiger partial charge < -0.3 is 19.9 Å². The number of esters is 1. The average molecular weight is 379 g/mol. The minimum absolute atomic E-state index is 0.158. The molecule has 2 aliphatic carbocycles. The molecule has 5 nitrogen and oxygen atoms in total. The number of nitrogens with one attached hydrogen (secondary N) is 1. The van der Waals surface area contributed by atoms with Gasteiger partial charge in [0.05, 0.1) is 25.2 Å². The molecule has 0 unspecified atom stereocenters. The number of fused-ring (bicyclic) bond motifs is 6. The molecule has 0 amide bonds. The van der Waals surface area contributed by atoms with Crippen LogP contribution >= 0.6 is 0 Å². The molecular weight excluding hydrogens is 354 g/mol. The van der Waals surface area contributed by atoms with E-state index in [4.69, 9.17) is 4.74 Å². The Morgan fingerprint density at radius 1 is 1.18 bits per heavy atom. The number of hydrogen-bond acceptors (Lipinski definition) is 4. The van der Waals surface area contributed by atoms with Gasteiger partial charge in [-0.3, -0.25) is 4.79 Å². The second-order valence-electron chi connectivity index (χ2n) is 8.59. The molecule has 146 valence electrons. The summed E-state index contributed by atoms with van der Waals surface area (Å²) in [4.78, 5) is 15.9. The van der Waals surface area contributed by atoms with Gasteiger partial charge in [-0.15, -0.1) is 0 Å². The SMILES string of the molecule is COC(=O)[C@@H]1[C@@H](O)CC[C@]2(C)c3cc4c(cc3[C@@H](O)C[C@@H]12)[nH]c1ccccc14. The number of hydrogen-bond donors (Lipinski definition) is 3. The van der Waals surface area contributed by atoms with Crippen LogP contribution in [0.1, 0.15) is 43.4 Å². The fourth-order valence-corrected chi connectivity index (χ4v) is 5.73.